The fourth-order valence-corrected chi connectivity index (χ4v) is 11.0. The summed E-state index contributed by atoms with van der Waals surface area (Å²) >= 11 is 0. The van der Waals surface area contributed by atoms with Crippen LogP contribution in [0.15, 0.2) is 179 Å². The predicted octanol–water partition coefficient (Wildman–Crippen LogP) is 13.2. The number of hydrogen-bond donors (Lipinski definition) is 6. The van der Waals surface area contributed by atoms with Crippen LogP contribution in [0.25, 0.3) is 98.0 Å². The topological polar surface area (TPSA) is 216 Å². The zero-order chi connectivity index (χ0) is 49.7. The monoisotopic (exact) mass is 966 g/mol. The van der Waals surface area contributed by atoms with Gasteiger partial charge in [0.2, 0.25) is 0 Å². The van der Waals surface area contributed by atoms with Crippen LogP contribution >= 0.6 is 0 Å². The zero-order valence-electron chi connectivity index (χ0n) is 38.8. The van der Waals surface area contributed by atoms with Crippen molar-refractivity contribution in [3.05, 3.63) is 191 Å². The highest BCUT2D eigenvalue weighted by atomic mass is 16.5. The molecule has 0 fully saturated rings. The fourth-order valence-electron chi connectivity index (χ4n) is 11.0. The number of aromatic amines is 2. The van der Waals surface area contributed by atoms with Crippen molar-refractivity contribution in [1.82, 2.24) is 18.8 Å². The molecule has 4 aromatic heterocycles. The minimum absolute atomic E-state index is 0.279. The van der Waals surface area contributed by atoms with E-state index in [0.717, 1.165) is 11.0 Å². The number of para-hydroxylation sites is 4. The first kappa shape index (κ1) is 41.2. The summed E-state index contributed by atoms with van der Waals surface area (Å²) in [6, 6.07) is 51.4. The van der Waals surface area contributed by atoms with Gasteiger partial charge in [-0.1, -0.05) is 24.3 Å². The number of H-pyrrole nitrogens is 2. The molecule has 0 saturated heterocycles. The Morgan fingerprint density at radius 2 is 0.608 bits per heavy atom. The summed E-state index contributed by atoms with van der Waals surface area (Å²) in [7, 11) is 0. The second-order valence-corrected chi connectivity index (χ2v) is 18.6. The minimum Gasteiger partial charge on any atom is -0.457 e. The SMILES string of the molecule is Nc1ccc(Oc2cc3c(=O)n4c5ccccc5[nH]c4c4cc(Oc5ccc(N)cc5)c5c6c(Oc7ccc(N)cc7)cc7c8c(cc(Oc9ccc(N)cc9)c(c2c5c34)c68)c(=O)n2c3ccccc3[nH]c72)cc1. The van der Waals surface area contributed by atoms with Crippen LogP contribution in [0.2, 0.25) is 0 Å². The third-order valence-corrected chi connectivity index (χ3v) is 14.2. The number of benzene rings is 11. The normalized spacial score (nSPS) is 12.1. The smallest absolute Gasteiger partial charge is 0.264 e. The third-order valence-electron chi connectivity index (χ3n) is 14.2. The first-order chi connectivity index (χ1) is 36.1. The molecule has 0 radical (unpaired) electrons. The van der Waals surface area contributed by atoms with Crippen molar-refractivity contribution in [2.24, 2.45) is 0 Å². The van der Waals surface area contributed by atoms with Crippen LogP contribution in [0, 0.1) is 0 Å². The number of nitrogens with two attached hydrogens (primary N) is 4. The van der Waals surface area contributed by atoms with Gasteiger partial charge in [0.05, 0.1) is 32.8 Å². The third kappa shape index (κ3) is 5.87. The number of pyridine rings is 2. The van der Waals surface area contributed by atoms with Gasteiger partial charge in [0, 0.05) is 76.6 Å². The molecular weight excluding hydrogens is 929 g/mol. The summed E-state index contributed by atoms with van der Waals surface area (Å²) < 4.78 is 31.9. The summed E-state index contributed by atoms with van der Waals surface area (Å²) in [6.07, 6.45) is 0. The average Bonchev–Trinajstić information content (AvgIpc) is 4.04. The van der Waals surface area contributed by atoms with E-state index >= 15 is 9.59 Å². The molecule has 354 valence electrons. The van der Waals surface area contributed by atoms with Crippen molar-refractivity contribution < 1.29 is 18.9 Å². The number of nitrogens with zero attached hydrogens (tertiary/aromatic N) is 2. The molecule has 10 N–H and O–H groups in total. The van der Waals surface area contributed by atoms with E-state index in [4.69, 9.17) is 41.9 Å². The van der Waals surface area contributed by atoms with Gasteiger partial charge in [-0.2, -0.15) is 0 Å². The maximum Gasteiger partial charge on any atom is 0.264 e. The van der Waals surface area contributed by atoms with Crippen molar-refractivity contribution in [1.29, 1.82) is 0 Å². The maximum absolute atomic E-state index is 15.5. The van der Waals surface area contributed by atoms with Gasteiger partial charge in [0.1, 0.15) is 57.3 Å². The highest BCUT2D eigenvalue weighted by Gasteiger charge is 2.32. The number of aromatic nitrogens is 4. The highest BCUT2D eigenvalue weighted by Crippen LogP contribution is 2.57. The standard InChI is InChI=1S/C60H38N8O6/c61-29-9-17-33(18-10-29)71-45-25-37-49-39(59(69)67-43-7-3-1-5-41(43)65-57(37)67)27-47(73-35-21-13-31(63)14-22-35)53-54-48(74-36-23-15-32(64)16-24-36)28-40-50-38(58-66-42-6-2-4-8-44(42)68(58)60(40)70)26-46(52(56(50)54)51(45)55(49)53)72-34-19-11-30(62)12-20-34/h1-28,65-66H,61-64H2. The molecule has 0 bridgehead atoms. The van der Waals surface area contributed by atoms with Crippen molar-refractivity contribution >= 4 is 121 Å². The largest absolute Gasteiger partial charge is 0.457 e. The van der Waals surface area contributed by atoms with Gasteiger partial charge in [0.25, 0.3) is 11.1 Å². The number of ether oxygens (including phenoxy) is 4. The lowest BCUT2D eigenvalue weighted by molar-refractivity contribution is 0.483. The molecule has 0 atom stereocenters. The molecule has 15 aromatic rings. The first-order valence-electron chi connectivity index (χ1n) is 23.8. The Bertz CT molecular complexity index is 4630. The Hall–Kier alpha value is -10.6. The Kier molecular flexibility index (Phi) is 8.33. The molecule has 4 heterocycles. The van der Waals surface area contributed by atoms with Gasteiger partial charge < -0.3 is 51.9 Å². The lowest BCUT2D eigenvalue weighted by atomic mass is 9.84. The van der Waals surface area contributed by atoms with E-state index in [-0.39, 0.29) is 11.1 Å². The number of rotatable bonds is 8. The van der Waals surface area contributed by atoms with Gasteiger partial charge in [-0.25, -0.2) is 0 Å². The second-order valence-electron chi connectivity index (χ2n) is 18.6. The summed E-state index contributed by atoms with van der Waals surface area (Å²) in [5.41, 5.74) is 30.6. The predicted molar refractivity (Wildman–Crippen MR) is 296 cm³/mol. The lowest BCUT2D eigenvalue weighted by Crippen LogP contribution is -2.15. The minimum atomic E-state index is -0.279. The van der Waals surface area contributed by atoms with E-state index in [1.54, 1.807) is 118 Å². The maximum atomic E-state index is 15.5. The molecule has 0 aliphatic heterocycles. The van der Waals surface area contributed by atoms with E-state index in [9.17, 15) is 0 Å². The van der Waals surface area contributed by atoms with Crippen molar-refractivity contribution in [2.75, 3.05) is 22.9 Å². The molecule has 0 saturated carbocycles. The molecule has 0 unspecified atom stereocenters. The first-order valence-corrected chi connectivity index (χ1v) is 23.8. The van der Waals surface area contributed by atoms with Gasteiger partial charge >= 0.3 is 0 Å². The Morgan fingerprint density at radius 1 is 0.324 bits per heavy atom. The van der Waals surface area contributed by atoms with E-state index in [0.29, 0.717) is 156 Å². The summed E-state index contributed by atoms with van der Waals surface area (Å²) in [4.78, 5) is 38.3. The van der Waals surface area contributed by atoms with Gasteiger partial charge in [-0.3, -0.25) is 18.4 Å². The fraction of sp³-hybridized carbons (Fsp3) is 0. The number of anilines is 4. The van der Waals surface area contributed by atoms with E-state index in [1.165, 1.54) is 0 Å². The average molecular weight is 967 g/mol. The van der Waals surface area contributed by atoms with Crippen LogP contribution in [-0.2, 0) is 0 Å². The number of nitrogens with one attached hydrogen (secondary N) is 2. The Balaban J connectivity index is 1.24. The Morgan fingerprint density at radius 3 is 0.919 bits per heavy atom. The van der Waals surface area contributed by atoms with Crippen LogP contribution in [0.3, 0.4) is 0 Å². The molecule has 14 heteroatoms. The number of hydrogen-bond acceptors (Lipinski definition) is 10. The van der Waals surface area contributed by atoms with Gasteiger partial charge in [-0.15, -0.1) is 0 Å². The highest BCUT2D eigenvalue weighted by molar-refractivity contribution is 6.44. The molecule has 11 aromatic carbocycles. The molecule has 15 rings (SSSR count). The van der Waals surface area contributed by atoms with Crippen molar-refractivity contribution in [3.63, 3.8) is 0 Å². The quantitative estimate of drug-likeness (QED) is 0.0481. The summed E-state index contributed by atoms with van der Waals surface area (Å²) in [6.45, 7) is 0. The molecule has 14 nitrogen and oxygen atoms in total. The summed E-state index contributed by atoms with van der Waals surface area (Å²) in [5.74, 6) is 3.36. The van der Waals surface area contributed by atoms with Crippen molar-refractivity contribution in [2.45, 2.75) is 0 Å². The summed E-state index contributed by atoms with van der Waals surface area (Å²) in [5, 5.41) is 6.86. The van der Waals surface area contributed by atoms with E-state index < -0.39 is 0 Å². The second kappa shape index (κ2) is 15.0. The molecule has 0 aliphatic carbocycles. The van der Waals surface area contributed by atoms with Crippen LogP contribution in [0.5, 0.6) is 46.0 Å². The molecular formula is C60H38N8O6. The van der Waals surface area contributed by atoms with Gasteiger partial charge in [0.15, 0.2) is 0 Å². The van der Waals surface area contributed by atoms with Crippen LogP contribution < -0.4 is 53.0 Å². The number of fused-ring (bicyclic) bond motifs is 10. The number of imidazole rings is 2. The number of nitrogen functional groups attached to an aromatic ring is 4. The van der Waals surface area contributed by atoms with E-state index in [1.807, 2.05) is 60.7 Å². The molecule has 0 amide bonds. The van der Waals surface area contributed by atoms with Gasteiger partial charge in [-0.05, 0) is 146 Å². The van der Waals surface area contributed by atoms with Crippen LogP contribution in [-0.4, -0.2) is 18.8 Å². The molecule has 74 heavy (non-hydrogen) atoms. The molecule has 0 aliphatic rings. The lowest BCUT2D eigenvalue weighted by Gasteiger charge is -2.25. The molecule has 0 spiro atoms. The Labute approximate surface area is 416 Å². The van der Waals surface area contributed by atoms with Crippen molar-refractivity contribution in [3.8, 4) is 46.0 Å². The zero-order valence-corrected chi connectivity index (χ0v) is 38.8. The van der Waals surface area contributed by atoms with E-state index in [2.05, 4.69) is 9.97 Å². The van der Waals surface area contributed by atoms with Crippen LogP contribution in [0.1, 0.15) is 0 Å². The van der Waals surface area contributed by atoms with Crippen LogP contribution in [0.4, 0.5) is 22.7 Å².